The first kappa shape index (κ1) is 17.5. The lowest BCUT2D eigenvalue weighted by Gasteiger charge is -2.14. The summed E-state index contributed by atoms with van der Waals surface area (Å²) < 4.78 is 7.08. The third kappa shape index (κ3) is 3.26. The van der Waals surface area contributed by atoms with E-state index < -0.39 is 0 Å². The summed E-state index contributed by atoms with van der Waals surface area (Å²) in [5.74, 6) is 1.99. The van der Waals surface area contributed by atoms with Gasteiger partial charge in [-0.05, 0) is 18.6 Å². The van der Waals surface area contributed by atoms with Crippen molar-refractivity contribution < 1.29 is 9.53 Å². The lowest BCUT2D eigenvalue weighted by Crippen LogP contribution is -2.10. The maximum Gasteiger partial charge on any atom is 0.224 e. The van der Waals surface area contributed by atoms with E-state index >= 15 is 0 Å². The summed E-state index contributed by atoms with van der Waals surface area (Å²) in [6.45, 7) is 3.79. The molecule has 26 heavy (non-hydrogen) atoms. The average molecular weight is 354 g/mol. The van der Waals surface area contributed by atoms with Gasteiger partial charge < -0.3 is 20.7 Å². The molecule has 0 bridgehead atoms. The number of amides is 1. The monoisotopic (exact) mass is 354 g/mol. The maximum absolute atomic E-state index is 11.8. The van der Waals surface area contributed by atoms with Gasteiger partial charge in [0.25, 0.3) is 0 Å². The Morgan fingerprint density at radius 1 is 1.35 bits per heavy atom. The van der Waals surface area contributed by atoms with Crippen LogP contribution in [-0.2, 0) is 4.79 Å². The Bertz CT molecular complexity index is 950. The van der Waals surface area contributed by atoms with Crippen LogP contribution in [-0.4, -0.2) is 34.7 Å². The van der Waals surface area contributed by atoms with Crippen LogP contribution in [0.5, 0.6) is 5.75 Å². The molecule has 0 aliphatic rings. The number of carbonyl (C=O) groups is 1. The fraction of sp³-hybridized carbons (Fsp3) is 0.278. The molecule has 3 N–H and O–H groups in total. The number of nitrogens with zero attached hydrogens (tertiary/aromatic N) is 3. The highest BCUT2D eigenvalue weighted by molar-refractivity contribution is 5.94. The van der Waals surface area contributed by atoms with E-state index in [4.69, 9.17) is 4.74 Å². The Balaban J connectivity index is 2.07. The highest BCUT2D eigenvalue weighted by Crippen LogP contribution is 2.31. The van der Waals surface area contributed by atoms with Crippen LogP contribution in [0, 0.1) is 6.92 Å². The maximum atomic E-state index is 11.8. The van der Waals surface area contributed by atoms with Gasteiger partial charge in [0.15, 0.2) is 5.65 Å². The first-order valence-electron chi connectivity index (χ1n) is 8.34. The third-order valence-corrected chi connectivity index (χ3v) is 4.03. The molecule has 1 amide bonds. The first-order chi connectivity index (χ1) is 12.6. The van der Waals surface area contributed by atoms with Crippen molar-refractivity contribution >= 4 is 34.6 Å². The summed E-state index contributed by atoms with van der Waals surface area (Å²) >= 11 is 0. The zero-order valence-electron chi connectivity index (χ0n) is 15.3. The van der Waals surface area contributed by atoms with Crippen LogP contribution >= 0.6 is 0 Å². The number of nitrogens with one attached hydrogen (secondary N) is 3. The number of hydrogen-bond acceptors (Lipinski definition) is 6. The van der Waals surface area contributed by atoms with Crippen LogP contribution in [0.15, 0.2) is 30.5 Å². The van der Waals surface area contributed by atoms with E-state index in [0.717, 1.165) is 22.8 Å². The van der Waals surface area contributed by atoms with E-state index in [9.17, 15) is 4.79 Å². The quantitative estimate of drug-likeness (QED) is 0.630. The predicted octanol–water partition coefficient (Wildman–Crippen LogP) is 3.18. The van der Waals surface area contributed by atoms with Crippen molar-refractivity contribution in [2.24, 2.45) is 0 Å². The minimum Gasteiger partial charge on any atom is -0.495 e. The number of anilines is 4. The number of fused-ring (bicyclic) bond motifs is 1. The van der Waals surface area contributed by atoms with E-state index in [-0.39, 0.29) is 5.91 Å². The van der Waals surface area contributed by atoms with Crippen LogP contribution in [0.1, 0.15) is 18.9 Å². The average Bonchev–Trinajstić information content (AvgIpc) is 3.05. The van der Waals surface area contributed by atoms with Crippen molar-refractivity contribution in [2.75, 3.05) is 30.1 Å². The number of hydrogen-bond donors (Lipinski definition) is 3. The van der Waals surface area contributed by atoms with Crippen LogP contribution in [0.3, 0.4) is 0 Å². The van der Waals surface area contributed by atoms with Gasteiger partial charge in [-0.15, -0.1) is 0 Å². The molecule has 0 aliphatic carbocycles. The largest absolute Gasteiger partial charge is 0.495 e. The standard InChI is InChI=1S/C18H22N6O2/c1-5-16(25)21-12-10-20-24-15(19-3)9-14(23-18(12)24)22-17-11(2)7-6-8-13(17)26-4/h6-10,19H,5H2,1-4H3,(H,21,25)(H,22,23). The second kappa shape index (κ2) is 7.30. The summed E-state index contributed by atoms with van der Waals surface area (Å²) in [5.41, 5.74) is 2.99. The van der Waals surface area contributed by atoms with Gasteiger partial charge in [0.2, 0.25) is 5.91 Å². The van der Waals surface area contributed by atoms with Gasteiger partial charge in [-0.3, -0.25) is 4.79 Å². The van der Waals surface area contributed by atoms with Crippen molar-refractivity contribution in [1.29, 1.82) is 0 Å². The SMILES string of the molecule is CCC(=O)Nc1cnn2c(NC)cc(Nc3c(C)cccc3OC)nc12. The molecular weight excluding hydrogens is 332 g/mol. The van der Waals surface area contributed by atoms with Crippen molar-refractivity contribution in [3.8, 4) is 5.75 Å². The molecule has 2 heterocycles. The smallest absolute Gasteiger partial charge is 0.224 e. The summed E-state index contributed by atoms with van der Waals surface area (Å²) in [5, 5.41) is 13.5. The van der Waals surface area contributed by atoms with Crippen LogP contribution in [0.25, 0.3) is 5.65 Å². The van der Waals surface area contributed by atoms with Crippen LogP contribution in [0.2, 0.25) is 0 Å². The molecule has 0 atom stereocenters. The number of aromatic nitrogens is 3. The van der Waals surface area contributed by atoms with Gasteiger partial charge in [-0.25, -0.2) is 4.98 Å². The van der Waals surface area contributed by atoms with Gasteiger partial charge >= 0.3 is 0 Å². The number of benzene rings is 1. The van der Waals surface area contributed by atoms with Gasteiger partial charge in [-0.2, -0.15) is 9.61 Å². The molecule has 3 aromatic rings. The van der Waals surface area contributed by atoms with E-state index in [1.165, 1.54) is 0 Å². The zero-order chi connectivity index (χ0) is 18.7. The molecule has 8 nitrogen and oxygen atoms in total. The van der Waals surface area contributed by atoms with Crippen molar-refractivity contribution in [3.05, 3.63) is 36.0 Å². The molecule has 0 fully saturated rings. The lowest BCUT2D eigenvalue weighted by atomic mass is 10.2. The fourth-order valence-corrected chi connectivity index (χ4v) is 2.63. The lowest BCUT2D eigenvalue weighted by molar-refractivity contribution is -0.115. The van der Waals surface area contributed by atoms with Crippen LogP contribution in [0.4, 0.5) is 23.0 Å². The topological polar surface area (TPSA) is 92.6 Å². The minimum absolute atomic E-state index is 0.0911. The molecule has 0 saturated heterocycles. The molecule has 136 valence electrons. The normalized spacial score (nSPS) is 10.6. The number of carbonyl (C=O) groups excluding carboxylic acids is 1. The second-order valence-corrected chi connectivity index (χ2v) is 5.75. The molecule has 2 aromatic heterocycles. The highest BCUT2D eigenvalue weighted by atomic mass is 16.5. The molecule has 0 saturated carbocycles. The van der Waals surface area contributed by atoms with Crippen molar-refractivity contribution in [1.82, 2.24) is 14.6 Å². The molecule has 1 aromatic carbocycles. The Morgan fingerprint density at radius 2 is 2.15 bits per heavy atom. The molecule has 0 aliphatic heterocycles. The molecule has 8 heteroatoms. The Kier molecular flexibility index (Phi) is 4.92. The van der Waals surface area contributed by atoms with Gasteiger partial charge in [0.1, 0.15) is 23.1 Å². The molecule has 0 radical (unpaired) electrons. The van der Waals surface area contributed by atoms with Crippen molar-refractivity contribution in [3.63, 3.8) is 0 Å². The van der Waals surface area contributed by atoms with E-state index in [1.54, 1.807) is 31.8 Å². The summed E-state index contributed by atoms with van der Waals surface area (Å²) in [6.07, 6.45) is 1.98. The minimum atomic E-state index is -0.0911. The van der Waals surface area contributed by atoms with Crippen molar-refractivity contribution in [2.45, 2.75) is 20.3 Å². The Hall–Kier alpha value is -3.29. The highest BCUT2D eigenvalue weighted by Gasteiger charge is 2.14. The zero-order valence-corrected chi connectivity index (χ0v) is 15.3. The number of rotatable bonds is 6. The number of ether oxygens (including phenoxy) is 1. The summed E-state index contributed by atoms with van der Waals surface area (Å²) in [6, 6.07) is 7.66. The Morgan fingerprint density at radius 3 is 2.85 bits per heavy atom. The molecule has 0 spiro atoms. The number of methoxy groups -OCH3 is 1. The predicted molar refractivity (Wildman–Crippen MR) is 102 cm³/mol. The summed E-state index contributed by atoms with van der Waals surface area (Å²) in [4.78, 5) is 16.4. The fourth-order valence-electron chi connectivity index (χ4n) is 2.63. The summed E-state index contributed by atoms with van der Waals surface area (Å²) in [7, 11) is 3.43. The second-order valence-electron chi connectivity index (χ2n) is 5.75. The Labute approximate surface area is 151 Å². The molecule has 3 rings (SSSR count). The van der Waals surface area contributed by atoms with Gasteiger partial charge in [-0.1, -0.05) is 19.1 Å². The van der Waals surface area contributed by atoms with E-state index in [2.05, 4.69) is 26.0 Å². The first-order valence-corrected chi connectivity index (χ1v) is 8.34. The number of para-hydroxylation sites is 1. The molecule has 0 unspecified atom stereocenters. The van der Waals surface area contributed by atoms with E-state index in [1.807, 2.05) is 31.2 Å². The number of aryl methyl sites for hydroxylation is 1. The van der Waals surface area contributed by atoms with Crippen LogP contribution < -0.4 is 20.7 Å². The molecular formula is C18H22N6O2. The van der Waals surface area contributed by atoms with Gasteiger partial charge in [0, 0.05) is 19.5 Å². The van der Waals surface area contributed by atoms with E-state index in [0.29, 0.717) is 23.6 Å². The third-order valence-electron chi connectivity index (χ3n) is 4.03. The van der Waals surface area contributed by atoms with Gasteiger partial charge in [0.05, 0.1) is 19.0 Å².